The van der Waals surface area contributed by atoms with E-state index in [4.69, 9.17) is 10.5 Å². The van der Waals surface area contributed by atoms with Crippen molar-refractivity contribution in [3.8, 4) is 12.1 Å². The molecule has 0 spiro atoms. The predicted molar refractivity (Wildman–Crippen MR) is 73.8 cm³/mol. The van der Waals surface area contributed by atoms with Crippen molar-refractivity contribution in [3.05, 3.63) is 35.4 Å². The summed E-state index contributed by atoms with van der Waals surface area (Å²) < 4.78 is 4.62. The number of hydrogen-bond donors (Lipinski definition) is 1. The van der Waals surface area contributed by atoms with E-state index in [9.17, 15) is 9.59 Å². The molecule has 1 aromatic carbocycles. The second kappa shape index (κ2) is 7.66. The number of esters is 1. The second-order valence-electron chi connectivity index (χ2n) is 4.50. The molecule has 1 aromatic rings. The Morgan fingerprint density at radius 1 is 1.29 bits per heavy atom. The van der Waals surface area contributed by atoms with Gasteiger partial charge in [0.05, 0.1) is 24.8 Å². The van der Waals surface area contributed by atoms with Crippen molar-refractivity contribution < 1.29 is 14.3 Å². The van der Waals surface area contributed by atoms with E-state index in [1.54, 1.807) is 6.92 Å². The van der Waals surface area contributed by atoms with E-state index in [-0.39, 0.29) is 6.42 Å². The van der Waals surface area contributed by atoms with E-state index in [1.807, 2.05) is 12.1 Å². The predicted octanol–water partition coefficient (Wildman–Crippen LogP) is 1.38. The van der Waals surface area contributed by atoms with Gasteiger partial charge in [-0.1, -0.05) is 0 Å². The molecule has 108 valence electrons. The van der Waals surface area contributed by atoms with Gasteiger partial charge in [0.1, 0.15) is 6.04 Å². The number of rotatable bonds is 5. The maximum Gasteiger partial charge on any atom is 0.328 e. The maximum absolute atomic E-state index is 12.1. The number of hydrogen-bond acceptors (Lipinski definition) is 5. The van der Waals surface area contributed by atoms with Gasteiger partial charge in [0, 0.05) is 11.5 Å². The van der Waals surface area contributed by atoms with Crippen LogP contribution in [0.15, 0.2) is 24.3 Å². The van der Waals surface area contributed by atoms with Gasteiger partial charge >= 0.3 is 5.97 Å². The van der Waals surface area contributed by atoms with Gasteiger partial charge in [0.2, 0.25) is 0 Å². The topological polar surface area (TPSA) is 103 Å². The summed E-state index contributed by atoms with van der Waals surface area (Å²) in [5.74, 6) is -1.45. The minimum Gasteiger partial charge on any atom is -0.467 e. The highest BCUT2D eigenvalue weighted by atomic mass is 16.5. The van der Waals surface area contributed by atoms with Crippen LogP contribution < -0.4 is 5.32 Å². The van der Waals surface area contributed by atoms with Crippen molar-refractivity contribution in [1.29, 1.82) is 10.5 Å². The summed E-state index contributed by atoms with van der Waals surface area (Å²) in [5, 5.41) is 20.0. The van der Waals surface area contributed by atoms with Crippen LogP contribution in [-0.2, 0) is 9.53 Å². The lowest BCUT2D eigenvalue weighted by atomic mass is 10.0. The number of methoxy groups -OCH3 is 1. The zero-order chi connectivity index (χ0) is 15.8. The lowest BCUT2D eigenvalue weighted by molar-refractivity contribution is -0.143. The fourth-order valence-electron chi connectivity index (χ4n) is 1.70. The van der Waals surface area contributed by atoms with E-state index in [1.165, 1.54) is 31.4 Å². The van der Waals surface area contributed by atoms with Crippen LogP contribution >= 0.6 is 0 Å². The molecule has 0 aliphatic rings. The maximum atomic E-state index is 12.1. The first-order valence-electron chi connectivity index (χ1n) is 6.30. The van der Waals surface area contributed by atoms with E-state index >= 15 is 0 Å². The third-order valence-corrected chi connectivity index (χ3v) is 2.88. The largest absolute Gasteiger partial charge is 0.467 e. The molecule has 6 nitrogen and oxygen atoms in total. The lowest BCUT2D eigenvalue weighted by Gasteiger charge is -2.17. The van der Waals surface area contributed by atoms with Gasteiger partial charge < -0.3 is 10.1 Å². The third-order valence-electron chi connectivity index (χ3n) is 2.88. The molecule has 2 atom stereocenters. The summed E-state index contributed by atoms with van der Waals surface area (Å²) in [6, 6.07) is 9.10. The van der Waals surface area contributed by atoms with Crippen molar-refractivity contribution in [2.75, 3.05) is 7.11 Å². The molecule has 0 radical (unpaired) electrons. The first-order valence-corrected chi connectivity index (χ1v) is 6.30. The fraction of sp³-hybridized carbons (Fsp3) is 0.333. The van der Waals surface area contributed by atoms with E-state index in [0.717, 1.165) is 0 Å². The van der Waals surface area contributed by atoms with Crippen molar-refractivity contribution in [3.63, 3.8) is 0 Å². The average molecular weight is 285 g/mol. The molecule has 0 saturated carbocycles. The summed E-state index contributed by atoms with van der Waals surface area (Å²) in [7, 11) is 1.22. The molecule has 0 aliphatic heterocycles. The Labute approximate surface area is 122 Å². The first kappa shape index (κ1) is 16.2. The van der Waals surface area contributed by atoms with Crippen LogP contribution in [0.2, 0.25) is 0 Å². The number of carbonyl (C=O) groups is 2. The van der Waals surface area contributed by atoms with Crippen LogP contribution in [0.4, 0.5) is 0 Å². The molecule has 0 saturated heterocycles. The lowest BCUT2D eigenvalue weighted by Crippen LogP contribution is -2.42. The van der Waals surface area contributed by atoms with E-state index in [0.29, 0.717) is 11.1 Å². The summed E-state index contributed by atoms with van der Waals surface area (Å²) >= 11 is 0. The first-order chi connectivity index (χ1) is 10.0. The summed E-state index contributed by atoms with van der Waals surface area (Å²) in [6.45, 7) is 1.66. The van der Waals surface area contributed by atoms with E-state index in [2.05, 4.69) is 10.1 Å². The zero-order valence-electron chi connectivity index (χ0n) is 11.8. The van der Waals surface area contributed by atoms with Gasteiger partial charge in [-0.05, 0) is 37.6 Å². The normalized spacial score (nSPS) is 12.4. The molecule has 0 unspecified atom stereocenters. The fourth-order valence-corrected chi connectivity index (χ4v) is 1.70. The van der Waals surface area contributed by atoms with Crippen LogP contribution in [0.25, 0.3) is 0 Å². The molecular weight excluding hydrogens is 270 g/mol. The van der Waals surface area contributed by atoms with Crippen LogP contribution in [0.1, 0.15) is 29.3 Å². The third kappa shape index (κ3) is 4.63. The molecule has 0 aromatic heterocycles. The number of carbonyl (C=O) groups excluding carboxylic acids is 2. The molecule has 21 heavy (non-hydrogen) atoms. The number of nitrogens with one attached hydrogen (secondary N) is 1. The van der Waals surface area contributed by atoms with Gasteiger partial charge in [0.25, 0.3) is 5.91 Å². The number of nitriles is 2. The van der Waals surface area contributed by atoms with Gasteiger partial charge in [-0.3, -0.25) is 4.79 Å². The van der Waals surface area contributed by atoms with Crippen molar-refractivity contribution in [1.82, 2.24) is 5.32 Å². The standard InChI is InChI=1S/C15H15N3O3/c1-10(8-16)7-13(15(20)21-2)18-14(19)12-5-3-11(9-17)4-6-12/h3-6,10,13H,7H2,1-2H3,(H,18,19)/t10-,13+/m0/s1. The number of amides is 1. The van der Waals surface area contributed by atoms with E-state index < -0.39 is 23.8 Å². The van der Waals surface area contributed by atoms with Crippen molar-refractivity contribution in [2.45, 2.75) is 19.4 Å². The minimum atomic E-state index is -0.882. The highest BCUT2D eigenvalue weighted by molar-refractivity contribution is 5.96. The smallest absolute Gasteiger partial charge is 0.328 e. The molecule has 1 amide bonds. The zero-order valence-corrected chi connectivity index (χ0v) is 11.8. The monoisotopic (exact) mass is 285 g/mol. The number of benzene rings is 1. The Balaban J connectivity index is 2.82. The Morgan fingerprint density at radius 2 is 1.90 bits per heavy atom. The SMILES string of the molecule is COC(=O)[C@@H](C[C@H](C)C#N)NC(=O)c1ccc(C#N)cc1. The van der Waals surface area contributed by atoms with Gasteiger partial charge in [-0.25, -0.2) is 4.79 Å². The van der Waals surface area contributed by atoms with Gasteiger partial charge in [-0.15, -0.1) is 0 Å². The molecular formula is C15H15N3O3. The number of nitrogens with zero attached hydrogens (tertiary/aromatic N) is 2. The summed E-state index contributed by atoms with van der Waals surface area (Å²) in [5.41, 5.74) is 0.765. The average Bonchev–Trinajstić information content (AvgIpc) is 2.53. The molecule has 1 rings (SSSR count). The quantitative estimate of drug-likeness (QED) is 0.823. The van der Waals surface area contributed by atoms with Gasteiger partial charge in [0.15, 0.2) is 0 Å². The second-order valence-corrected chi connectivity index (χ2v) is 4.50. The Morgan fingerprint density at radius 3 is 2.38 bits per heavy atom. The van der Waals surface area contributed by atoms with Crippen LogP contribution in [0.5, 0.6) is 0 Å². The summed E-state index contributed by atoms with van der Waals surface area (Å²) in [4.78, 5) is 23.7. The molecule has 1 N–H and O–H groups in total. The van der Waals surface area contributed by atoms with Crippen LogP contribution in [0.3, 0.4) is 0 Å². The Kier molecular flexibility index (Phi) is 5.91. The Bertz CT molecular complexity index is 596. The molecule has 0 aliphatic carbocycles. The minimum absolute atomic E-state index is 0.172. The highest BCUT2D eigenvalue weighted by Crippen LogP contribution is 2.09. The molecule has 0 bridgehead atoms. The van der Waals surface area contributed by atoms with Crippen LogP contribution in [0, 0.1) is 28.6 Å². The van der Waals surface area contributed by atoms with Crippen LogP contribution in [-0.4, -0.2) is 25.0 Å². The summed E-state index contributed by atoms with van der Waals surface area (Å²) in [6.07, 6.45) is 0.172. The Hall–Kier alpha value is -2.86. The highest BCUT2D eigenvalue weighted by Gasteiger charge is 2.24. The molecule has 0 fully saturated rings. The van der Waals surface area contributed by atoms with Crippen molar-refractivity contribution in [2.24, 2.45) is 5.92 Å². The van der Waals surface area contributed by atoms with Crippen molar-refractivity contribution >= 4 is 11.9 Å². The molecule has 0 heterocycles. The number of ether oxygens (including phenoxy) is 1. The van der Waals surface area contributed by atoms with Gasteiger partial charge in [-0.2, -0.15) is 10.5 Å². The molecule has 6 heteroatoms.